The Labute approximate surface area is 244 Å². The van der Waals surface area contributed by atoms with Gasteiger partial charge in [0.1, 0.15) is 4.83 Å². The summed E-state index contributed by atoms with van der Waals surface area (Å²) in [7, 11) is 0. The molecular weight excluding hydrogens is 685 g/mol. The molecule has 0 aliphatic carbocycles. The Morgan fingerprint density at radius 1 is 0.949 bits per heavy atom. The summed E-state index contributed by atoms with van der Waals surface area (Å²) < 4.78 is 6.15. The second kappa shape index (κ2) is 11.6. The molecule has 0 saturated heterocycles. The van der Waals surface area contributed by atoms with E-state index >= 15 is 0 Å². The number of aliphatic hydroxyl groups is 1. The van der Waals surface area contributed by atoms with Crippen LogP contribution in [0.3, 0.4) is 0 Å². The van der Waals surface area contributed by atoms with Crippen LogP contribution in [-0.2, 0) is 24.9 Å². The van der Waals surface area contributed by atoms with Gasteiger partial charge in [0.25, 0.3) is 0 Å². The SMILES string of the molecule is CC(=O)/C=C(/C)O.Cc1cc(C)cc(-c2cc3ccc(-c4[c-]ccc5c4oc4nc(C)ccc45)nc3s2)c1.[Ir]. The summed E-state index contributed by atoms with van der Waals surface area (Å²) >= 11 is 1.72. The molecule has 0 spiro atoms. The Bertz CT molecular complexity index is 1840. The van der Waals surface area contributed by atoms with Crippen LogP contribution in [0, 0.1) is 26.8 Å². The van der Waals surface area contributed by atoms with Crippen LogP contribution in [0.5, 0.6) is 0 Å². The number of allylic oxidation sites excluding steroid dienone is 2. The van der Waals surface area contributed by atoms with Crippen molar-refractivity contribution in [3.63, 3.8) is 0 Å². The van der Waals surface area contributed by atoms with Crippen molar-refractivity contribution in [2.75, 3.05) is 0 Å². The van der Waals surface area contributed by atoms with Gasteiger partial charge in [0, 0.05) is 47.5 Å². The van der Waals surface area contributed by atoms with Gasteiger partial charge in [-0.15, -0.1) is 29.5 Å². The zero-order valence-corrected chi connectivity index (χ0v) is 25.5. The van der Waals surface area contributed by atoms with E-state index in [0.717, 1.165) is 43.5 Å². The van der Waals surface area contributed by atoms with Crippen LogP contribution in [0.2, 0.25) is 0 Å². The van der Waals surface area contributed by atoms with E-state index < -0.39 is 0 Å². The molecule has 0 saturated carbocycles. The average Bonchev–Trinajstić information content (AvgIpc) is 3.43. The number of aryl methyl sites for hydroxylation is 3. The predicted molar refractivity (Wildman–Crippen MR) is 156 cm³/mol. The van der Waals surface area contributed by atoms with Gasteiger partial charge < -0.3 is 9.52 Å². The number of hydrogen-bond acceptors (Lipinski definition) is 6. The van der Waals surface area contributed by atoms with E-state index in [-0.39, 0.29) is 31.6 Å². The van der Waals surface area contributed by atoms with Gasteiger partial charge in [0.15, 0.2) is 5.78 Å². The van der Waals surface area contributed by atoms with Crippen molar-refractivity contribution >= 4 is 49.4 Å². The van der Waals surface area contributed by atoms with Crippen molar-refractivity contribution in [3.8, 4) is 21.7 Å². The van der Waals surface area contributed by atoms with E-state index in [9.17, 15) is 4.79 Å². The van der Waals surface area contributed by atoms with Crippen LogP contribution < -0.4 is 0 Å². The van der Waals surface area contributed by atoms with Gasteiger partial charge in [0.2, 0.25) is 5.71 Å². The molecule has 6 rings (SSSR count). The molecular formula is C32H27IrN2O3S-. The zero-order valence-electron chi connectivity index (χ0n) is 22.3. The Hall–Kier alpha value is -3.64. The molecule has 0 aliphatic rings. The first-order chi connectivity index (χ1) is 18.2. The fourth-order valence-electron chi connectivity index (χ4n) is 4.52. The van der Waals surface area contributed by atoms with E-state index in [1.807, 2.05) is 25.1 Å². The Morgan fingerprint density at radius 2 is 1.69 bits per heavy atom. The molecule has 199 valence electrons. The van der Waals surface area contributed by atoms with Crippen molar-refractivity contribution < 1.29 is 34.4 Å². The number of nitrogens with zero attached hydrogens (tertiary/aromatic N) is 2. The molecule has 39 heavy (non-hydrogen) atoms. The number of benzene rings is 2. The van der Waals surface area contributed by atoms with Crippen LogP contribution in [0.25, 0.3) is 54.0 Å². The Kier molecular flexibility index (Phi) is 8.45. The maximum absolute atomic E-state index is 10.0. The van der Waals surface area contributed by atoms with Crippen LogP contribution >= 0.6 is 11.3 Å². The van der Waals surface area contributed by atoms with Gasteiger partial charge in [-0.2, -0.15) is 0 Å². The number of hydrogen-bond donors (Lipinski definition) is 1. The minimum Gasteiger partial charge on any atom is -0.512 e. The third-order valence-electron chi connectivity index (χ3n) is 6.00. The van der Waals surface area contributed by atoms with E-state index in [1.165, 1.54) is 41.5 Å². The van der Waals surface area contributed by atoms with Gasteiger partial charge in [-0.25, -0.2) is 4.98 Å². The predicted octanol–water partition coefficient (Wildman–Crippen LogP) is 8.68. The molecule has 0 atom stereocenters. The first kappa shape index (κ1) is 28.4. The first-order valence-corrected chi connectivity index (χ1v) is 13.1. The molecule has 2 aromatic carbocycles. The molecule has 0 unspecified atom stereocenters. The smallest absolute Gasteiger partial charge is 0.216 e. The third kappa shape index (κ3) is 6.17. The van der Waals surface area contributed by atoms with Gasteiger partial charge in [-0.3, -0.25) is 9.78 Å². The average molecular weight is 712 g/mol. The van der Waals surface area contributed by atoms with Gasteiger partial charge >= 0.3 is 0 Å². The zero-order chi connectivity index (χ0) is 27.0. The standard InChI is InChI=1S/C27H19N2OS.C5H8O2.Ir/c1-15-11-16(2)13-19(12-15)24-14-18-8-10-23(29-27(18)31-24)22-6-4-5-20-21-9-7-17(3)28-26(21)30-25(20)22;1-4(6)3-5(2)7;/h4-5,7-14H,1-3H3;3,6H,1-2H3;/q-1;;/b;4-3-;. The second-order valence-corrected chi connectivity index (χ2v) is 10.5. The molecule has 1 radical (unpaired) electrons. The van der Waals surface area contributed by atoms with Crippen molar-refractivity contribution in [1.82, 2.24) is 9.97 Å². The molecule has 0 amide bonds. The quantitative estimate of drug-likeness (QED) is 0.113. The number of thiophene rings is 1. The van der Waals surface area contributed by atoms with Crippen LogP contribution in [0.15, 0.2) is 76.9 Å². The molecule has 7 heteroatoms. The molecule has 0 bridgehead atoms. The summed E-state index contributed by atoms with van der Waals surface area (Å²) in [6, 6.07) is 24.5. The number of aromatic nitrogens is 2. The summed E-state index contributed by atoms with van der Waals surface area (Å²) in [5.74, 6) is -0.0625. The summed E-state index contributed by atoms with van der Waals surface area (Å²) in [6.07, 6.45) is 1.17. The molecule has 5 nitrogen and oxygen atoms in total. The summed E-state index contributed by atoms with van der Waals surface area (Å²) in [6.45, 7) is 9.10. The largest absolute Gasteiger partial charge is 0.512 e. The number of carbonyl (C=O) groups excluding carboxylic acids is 1. The number of aliphatic hydroxyl groups excluding tert-OH is 1. The monoisotopic (exact) mass is 712 g/mol. The summed E-state index contributed by atoms with van der Waals surface area (Å²) in [4.78, 5) is 21.8. The minimum atomic E-state index is -0.125. The summed E-state index contributed by atoms with van der Waals surface area (Å²) in [5, 5.41) is 11.6. The van der Waals surface area contributed by atoms with Crippen molar-refractivity contribution in [3.05, 3.63) is 95.4 Å². The number of ketones is 1. The normalized spacial score (nSPS) is 11.4. The number of rotatable bonds is 3. The van der Waals surface area contributed by atoms with E-state index in [1.54, 1.807) is 11.3 Å². The molecule has 1 N–H and O–H groups in total. The topological polar surface area (TPSA) is 76.2 Å². The number of fused-ring (bicyclic) bond motifs is 4. The van der Waals surface area contributed by atoms with Crippen LogP contribution in [0.1, 0.15) is 30.7 Å². The fraction of sp³-hybridized carbons (Fsp3) is 0.156. The minimum absolute atomic E-state index is 0. The number of pyridine rings is 2. The first-order valence-electron chi connectivity index (χ1n) is 12.3. The molecule has 4 aromatic heterocycles. The maximum atomic E-state index is 10.0. The van der Waals surface area contributed by atoms with Gasteiger partial charge in [0.05, 0.1) is 11.3 Å². The van der Waals surface area contributed by atoms with E-state index in [0.29, 0.717) is 5.71 Å². The van der Waals surface area contributed by atoms with Gasteiger partial charge in [-0.1, -0.05) is 52.4 Å². The van der Waals surface area contributed by atoms with E-state index in [4.69, 9.17) is 14.5 Å². The van der Waals surface area contributed by atoms with Crippen LogP contribution in [-0.4, -0.2) is 20.9 Å². The Balaban J connectivity index is 0.000000394. The Morgan fingerprint density at radius 3 is 2.36 bits per heavy atom. The van der Waals surface area contributed by atoms with Crippen molar-refractivity contribution in [1.29, 1.82) is 0 Å². The molecule has 0 aliphatic heterocycles. The van der Waals surface area contributed by atoms with E-state index in [2.05, 4.69) is 67.4 Å². The maximum Gasteiger partial charge on any atom is 0.216 e. The van der Waals surface area contributed by atoms with Gasteiger partial charge in [-0.05, 0) is 64.1 Å². The summed E-state index contributed by atoms with van der Waals surface area (Å²) in [5.41, 5.74) is 7.91. The van der Waals surface area contributed by atoms with Crippen molar-refractivity contribution in [2.24, 2.45) is 0 Å². The number of furan rings is 1. The molecule has 6 aromatic rings. The molecule has 0 fully saturated rings. The molecule has 4 heterocycles. The van der Waals surface area contributed by atoms with Crippen LogP contribution in [0.4, 0.5) is 0 Å². The second-order valence-electron chi connectivity index (χ2n) is 9.48. The fourth-order valence-corrected chi connectivity index (χ4v) is 5.53. The number of carbonyl (C=O) groups is 1. The van der Waals surface area contributed by atoms with Crippen molar-refractivity contribution in [2.45, 2.75) is 34.6 Å². The third-order valence-corrected chi connectivity index (χ3v) is 7.09.